The molecular formula is C29H32Cl2N2O2. The normalized spacial score (nSPS) is 20.1. The van der Waals surface area contributed by atoms with Gasteiger partial charge in [-0.3, -0.25) is 0 Å². The van der Waals surface area contributed by atoms with Crippen molar-refractivity contribution in [2.75, 3.05) is 14.1 Å². The van der Waals surface area contributed by atoms with E-state index in [-0.39, 0.29) is 17.9 Å². The first-order valence-corrected chi connectivity index (χ1v) is 12.7. The molecule has 0 spiro atoms. The summed E-state index contributed by atoms with van der Waals surface area (Å²) >= 11 is 12.5. The summed E-state index contributed by atoms with van der Waals surface area (Å²) in [5.74, 6) is 0.0675. The molecule has 0 fully saturated rings. The van der Waals surface area contributed by atoms with Crippen LogP contribution in [0.1, 0.15) is 66.8 Å². The van der Waals surface area contributed by atoms with Crippen molar-refractivity contribution >= 4 is 29.2 Å². The number of esters is 1. The van der Waals surface area contributed by atoms with Crippen LogP contribution in [0.4, 0.5) is 0 Å². The van der Waals surface area contributed by atoms with Gasteiger partial charge in [0.2, 0.25) is 0 Å². The maximum atomic E-state index is 13.4. The van der Waals surface area contributed by atoms with E-state index in [1.807, 2.05) is 62.6 Å². The number of halogens is 2. The fourth-order valence-corrected chi connectivity index (χ4v) is 5.29. The smallest absolute Gasteiger partial charge is 0.331 e. The molecule has 6 heteroatoms. The summed E-state index contributed by atoms with van der Waals surface area (Å²) in [5, 5.41) is 1.08. The first-order chi connectivity index (χ1) is 16.6. The van der Waals surface area contributed by atoms with Crippen molar-refractivity contribution in [3.8, 4) is 5.75 Å². The molecule has 4 rings (SSSR count). The van der Waals surface area contributed by atoms with E-state index < -0.39 is 11.5 Å². The molecule has 1 aliphatic rings. The third kappa shape index (κ3) is 5.26. The minimum Gasteiger partial charge on any atom is -0.425 e. The van der Waals surface area contributed by atoms with Gasteiger partial charge in [0.15, 0.2) is 0 Å². The molecule has 3 aromatic rings. The zero-order chi connectivity index (χ0) is 25.3. The van der Waals surface area contributed by atoms with Gasteiger partial charge >= 0.3 is 5.97 Å². The fraction of sp³-hybridized carbons (Fsp3) is 0.345. The number of hydrogen-bond acceptors (Lipinski definition) is 4. The van der Waals surface area contributed by atoms with Crippen LogP contribution in [0.15, 0.2) is 66.7 Å². The Bertz CT molecular complexity index is 1220. The van der Waals surface area contributed by atoms with Crippen LogP contribution in [0.25, 0.3) is 0 Å². The number of rotatable bonds is 6. The molecule has 0 radical (unpaired) electrons. The summed E-state index contributed by atoms with van der Waals surface area (Å²) in [5.41, 5.74) is 9.98. The van der Waals surface area contributed by atoms with Crippen molar-refractivity contribution < 1.29 is 9.53 Å². The summed E-state index contributed by atoms with van der Waals surface area (Å²) in [6.07, 6.45) is 1.59. The lowest BCUT2D eigenvalue weighted by molar-refractivity contribution is -0.141. The van der Waals surface area contributed by atoms with Crippen molar-refractivity contribution in [3.05, 3.63) is 99.0 Å². The molecule has 0 amide bonds. The first-order valence-electron chi connectivity index (χ1n) is 11.9. The monoisotopic (exact) mass is 510 g/mol. The first kappa shape index (κ1) is 25.7. The van der Waals surface area contributed by atoms with Gasteiger partial charge in [0, 0.05) is 17.9 Å². The van der Waals surface area contributed by atoms with Gasteiger partial charge in [0.05, 0.1) is 10.0 Å². The van der Waals surface area contributed by atoms with E-state index in [2.05, 4.69) is 24.0 Å². The number of carbonyl (C=O) groups excluding carboxylic acids is 1. The molecule has 0 heterocycles. The highest BCUT2D eigenvalue weighted by atomic mass is 35.5. The molecule has 184 valence electrons. The molecule has 1 aliphatic carbocycles. The average molecular weight is 511 g/mol. The highest BCUT2D eigenvalue weighted by molar-refractivity contribution is 6.42. The Morgan fingerprint density at radius 3 is 2.40 bits per heavy atom. The van der Waals surface area contributed by atoms with E-state index in [0.29, 0.717) is 15.8 Å². The predicted molar refractivity (Wildman–Crippen MR) is 143 cm³/mol. The van der Waals surface area contributed by atoms with Gasteiger partial charge in [-0.2, -0.15) is 0 Å². The van der Waals surface area contributed by atoms with Crippen LogP contribution in [0.5, 0.6) is 5.75 Å². The standard InChI is InChI=1S/C29H32Cl2N2O2/c1-18(33(3)4)19-8-7-9-21(16-19)35-28(34)29(2,32)25-14-13-22(23-10-5-6-11-24(23)25)20-12-15-26(30)27(31)17-20/h5-12,15-18,22,25H,13-14,32H2,1-4H3/t18-,22-,25-,29?/m0/s1. The van der Waals surface area contributed by atoms with Crippen LogP contribution in [0, 0.1) is 0 Å². The Morgan fingerprint density at radius 1 is 1.00 bits per heavy atom. The third-order valence-corrected chi connectivity index (χ3v) is 8.07. The van der Waals surface area contributed by atoms with Crippen LogP contribution < -0.4 is 10.5 Å². The Hall–Kier alpha value is -2.37. The van der Waals surface area contributed by atoms with E-state index >= 15 is 0 Å². The number of nitrogens with two attached hydrogens (primary N) is 1. The van der Waals surface area contributed by atoms with Crippen molar-refractivity contribution in [2.45, 2.75) is 50.1 Å². The second-order valence-electron chi connectivity index (χ2n) is 9.87. The second kappa shape index (κ2) is 10.3. The minimum atomic E-state index is -1.19. The van der Waals surface area contributed by atoms with Crippen molar-refractivity contribution in [2.24, 2.45) is 5.73 Å². The maximum absolute atomic E-state index is 13.4. The molecule has 0 saturated heterocycles. The Kier molecular flexibility index (Phi) is 7.58. The van der Waals surface area contributed by atoms with Crippen LogP contribution in [-0.2, 0) is 4.79 Å². The fourth-order valence-electron chi connectivity index (χ4n) is 4.98. The summed E-state index contributed by atoms with van der Waals surface area (Å²) in [6, 6.07) is 21.8. The highest BCUT2D eigenvalue weighted by Gasteiger charge is 2.44. The van der Waals surface area contributed by atoms with Crippen molar-refractivity contribution in [1.29, 1.82) is 0 Å². The zero-order valence-electron chi connectivity index (χ0n) is 20.6. The Morgan fingerprint density at radius 2 is 1.71 bits per heavy atom. The number of fused-ring (bicyclic) bond motifs is 1. The van der Waals surface area contributed by atoms with Gasteiger partial charge in [-0.15, -0.1) is 0 Å². The average Bonchev–Trinajstić information content (AvgIpc) is 2.84. The predicted octanol–water partition coefficient (Wildman–Crippen LogP) is 6.95. The molecular weight excluding hydrogens is 479 g/mol. The summed E-state index contributed by atoms with van der Waals surface area (Å²) in [7, 11) is 4.04. The topological polar surface area (TPSA) is 55.6 Å². The molecule has 2 N–H and O–H groups in total. The maximum Gasteiger partial charge on any atom is 0.331 e. The van der Waals surface area contributed by atoms with Gasteiger partial charge < -0.3 is 15.4 Å². The van der Waals surface area contributed by atoms with Gasteiger partial charge in [-0.1, -0.05) is 65.7 Å². The van der Waals surface area contributed by atoms with Crippen LogP contribution in [-0.4, -0.2) is 30.5 Å². The number of nitrogens with zero attached hydrogens (tertiary/aromatic N) is 1. The zero-order valence-corrected chi connectivity index (χ0v) is 22.1. The Labute approximate surface area is 218 Å². The van der Waals surface area contributed by atoms with E-state index in [9.17, 15) is 4.79 Å². The van der Waals surface area contributed by atoms with Gasteiger partial charge in [0.25, 0.3) is 0 Å². The van der Waals surface area contributed by atoms with Crippen LogP contribution >= 0.6 is 23.2 Å². The highest BCUT2D eigenvalue weighted by Crippen LogP contribution is 2.46. The molecule has 3 aromatic carbocycles. The second-order valence-corrected chi connectivity index (χ2v) is 10.7. The molecule has 1 unspecified atom stereocenters. The molecule has 0 aliphatic heterocycles. The molecule has 0 aromatic heterocycles. The summed E-state index contributed by atoms with van der Waals surface area (Å²) in [4.78, 5) is 15.5. The molecule has 35 heavy (non-hydrogen) atoms. The lowest BCUT2D eigenvalue weighted by Crippen LogP contribution is -2.53. The number of benzene rings is 3. The molecule has 0 bridgehead atoms. The molecule has 0 saturated carbocycles. The van der Waals surface area contributed by atoms with Crippen LogP contribution in [0.3, 0.4) is 0 Å². The lowest BCUT2D eigenvalue weighted by atomic mass is 9.68. The van der Waals surface area contributed by atoms with E-state index in [1.165, 1.54) is 0 Å². The number of carbonyl (C=O) groups is 1. The van der Waals surface area contributed by atoms with Gasteiger partial charge in [-0.05, 0) is 87.3 Å². The minimum absolute atomic E-state index is 0.160. The number of ether oxygens (including phenoxy) is 1. The largest absolute Gasteiger partial charge is 0.425 e. The summed E-state index contributed by atoms with van der Waals surface area (Å²) in [6.45, 7) is 3.89. The number of hydrogen-bond donors (Lipinski definition) is 1. The van der Waals surface area contributed by atoms with E-state index in [1.54, 1.807) is 13.0 Å². The lowest BCUT2D eigenvalue weighted by Gasteiger charge is -2.39. The van der Waals surface area contributed by atoms with Gasteiger partial charge in [0.1, 0.15) is 11.3 Å². The van der Waals surface area contributed by atoms with Gasteiger partial charge in [-0.25, -0.2) is 4.79 Å². The Balaban J connectivity index is 1.60. The van der Waals surface area contributed by atoms with Crippen molar-refractivity contribution in [3.63, 3.8) is 0 Å². The SMILES string of the molecule is C[C@@H](c1cccc(OC(=O)C(C)(N)[C@H]2CC[C@@H](c3ccc(Cl)c(Cl)c3)c3ccccc32)c1)N(C)C. The quantitative estimate of drug-likeness (QED) is 0.288. The molecule has 4 atom stereocenters. The van der Waals surface area contributed by atoms with E-state index in [4.69, 9.17) is 33.7 Å². The van der Waals surface area contributed by atoms with E-state index in [0.717, 1.165) is 35.1 Å². The third-order valence-electron chi connectivity index (χ3n) is 7.33. The molecule has 4 nitrogen and oxygen atoms in total. The van der Waals surface area contributed by atoms with Crippen molar-refractivity contribution in [1.82, 2.24) is 4.90 Å². The summed E-state index contributed by atoms with van der Waals surface area (Å²) < 4.78 is 5.84. The van der Waals surface area contributed by atoms with Crippen LogP contribution in [0.2, 0.25) is 10.0 Å².